The van der Waals surface area contributed by atoms with Gasteiger partial charge in [0.15, 0.2) is 0 Å². The molecule has 0 spiro atoms. The molecule has 5 aliphatic heterocycles. The molecule has 7 heterocycles. The van der Waals surface area contributed by atoms with Crippen molar-refractivity contribution in [1.82, 2.24) is 57.2 Å². The van der Waals surface area contributed by atoms with Crippen molar-refractivity contribution in [2.45, 2.75) is 254 Å². The molecule has 0 bridgehead atoms. The molecule has 14 atom stereocenters. The number of nitrogens with zero attached hydrogens (tertiary/aromatic N) is 6. The van der Waals surface area contributed by atoms with Crippen LogP contribution < -0.4 is 37.2 Å². The first-order chi connectivity index (χ1) is 45.0. The monoisotopic (exact) mass is 1520 g/mol. The van der Waals surface area contributed by atoms with Gasteiger partial charge in [0.05, 0.1) is 38.0 Å². The maximum absolute atomic E-state index is 14.0. The minimum absolute atomic E-state index is 0.0327. The van der Waals surface area contributed by atoms with Crippen LogP contribution in [0.5, 0.6) is 0 Å². The van der Waals surface area contributed by atoms with Gasteiger partial charge in [0.25, 0.3) is 0 Å². The number of aliphatic hydroxyl groups is 5. The van der Waals surface area contributed by atoms with Gasteiger partial charge in [0.2, 0.25) is 41.2 Å². The minimum atomic E-state index is -2.38. The van der Waals surface area contributed by atoms with Crippen molar-refractivity contribution in [3.8, 4) is 0 Å². The standard InChI is InChI=1S/C43H71N11O14.2C10H18N2.ClH.Os/c1-23(2)15-29(52-38(61)30(16-27-18-45-22-50-27)53-40(63)34(24(3)4)48-20-43(67)37(60)36(59)31(56)19-68-43)39(62)54-35(25(5)55)41(64)51-28(42(65)66)9-6-7-13-46-32(57)10-8-11-33(58)47-14-12-26-17-44-21-49-26;2*1-3-7-11-9(5-1)10-6-2-4-8-12-10;;/h17-18,21-25,28-31,34-37,48,55-56,59-60,67H,6-16,19-20H2,1-5H3,(H,44,49)(H,45,50)(H,46,57)(H,47,58)(H,51,64)(H,52,61)(H,53,63)(H,54,62)(H,65,66);2*9-10H,1-8H2;1H;/q;2*-2;;+1/p-1. The van der Waals surface area contributed by atoms with E-state index in [1.165, 1.54) is 114 Å². The zero-order chi connectivity index (χ0) is 69.0. The number of amides is 6. The normalized spacial score (nSPS) is 24.9. The summed E-state index contributed by atoms with van der Waals surface area (Å²) in [5.74, 6) is -8.34. The molecule has 2 aromatic heterocycles. The van der Waals surface area contributed by atoms with Gasteiger partial charge < -0.3 is 104 Å². The van der Waals surface area contributed by atoms with Crippen LogP contribution in [0.3, 0.4) is 0 Å². The topological polar surface area (TPSA) is 448 Å². The predicted octanol–water partition coefficient (Wildman–Crippen LogP) is 2.72. The van der Waals surface area contributed by atoms with Gasteiger partial charge in [-0.05, 0) is 50.9 Å². The molecule has 14 unspecified atom stereocenters. The second-order valence-electron chi connectivity index (χ2n) is 25.7. The number of carbonyl (C=O) groups excluding carboxylic acids is 6. The first kappa shape index (κ1) is 81.6. The Bertz CT molecular complexity index is 2410. The number of imidazole rings is 2. The number of carboxylic acid groups (broad SMARTS) is 1. The molecule has 29 nitrogen and oxygen atoms in total. The van der Waals surface area contributed by atoms with Crippen LogP contribution in [0.2, 0.25) is 0 Å². The molecule has 0 aromatic carbocycles. The Labute approximate surface area is 568 Å². The molecule has 5 fully saturated rings. The van der Waals surface area contributed by atoms with Gasteiger partial charge in [-0.15, -0.1) is 26.2 Å². The van der Waals surface area contributed by atoms with E-state index in [0.717, 1.165) is 31.9 Å². The van der Waals surface area contributed by atoms with Gasteiger partial charge >= 0.3 is 33.2 Å². The number of aliphatic carboxylic acids is 1. The number of aromatic nitrogens is 4. The third-order valence-corrected chi connectivity index (χ3v) is 17.1. The third-order valence-electron chi connectivity index (χ3n) is 17.1. The quantitative estimate of drug-likeness (QED) is 0.0468. The molecule has 5 saturated heterocycles. The van der Waals surface area contributed by atoms with E-state index in [4.69, 9.17) is 4.74 Å². The number of piperidine rings is 4. The fourth-order valence-corrected chi connectivity index (χ4v) is 11.7. The van der Waals surface area contributed by atoms with Crippen molar-refractivity contribution in [2.75, 3.05) is 52.4 Å². The molecule has 6 amide bonds. The Kier molecular flexibility index (Phi) is 39.0. The first-order valence-electron chi connectivity index (χ1n) is 33.6. The van der Waals surface area contributed by atoms with E-state index in [0.29, 0.717) is 55.7 Å². The summed E-state index contributed by atoms with van der Waals surface area (Å²) in [4.78, 5) is 105. The molecule has 0 radical (unpaired) electrons. The number of carbonyl (C=O) groups is 7. The van der Waals surface area contributed by atoms with Gasteiger partial charge in [-0.3, -0.25) is 28.8 Å². The molecule has 0 saturated carbocycles. The van der Waals surface area contributed by atoms with Crippen LogP contribution in [0.25, 0.3) is 21.3 Å². The second-order valence-corrected chi connectivity index (χ2v) is 25.7. The van der Waals surface area contributed by atoms with Crippen LogP contribution in [-0.4, -0.2) is 229 Å². The van der Waals surface area contributed by atoms with E-state index in [-0.39, 0.29) is 62.8 Å². The summed E-state index contributed by atoms with van der Waals surface area (Å²) < 4.78 is 5.20. The van der Waals surface area contributed by atoms with Crippen LogP contribution >= 0.6 is 9.64 Å². The molecule has 0 aliphatic carbocycles. The summed E-state index contributed by atoms with van der Waals surface area (Å²) in [6.45, 7) is 12.1. The predicted molar refractivity (Wildman–Crippen MR) is 350 cm³/mol. The van der Waals surface area contributed by atoms with Crippen LogP contribution in [0, 0.1) is 11.8 Å². The van der Waals surface area contributed by atoms with Crippen LogP contribution in [0.4, 0.5) is 0 Å². The number of aliphatic hydroxyl groups excluding tert-OH is 4. The number of nitrogens with one attached hydrogen (secondary N) is 9. The Morgan fingerprint density at radius 3 is 1.57 bits per heavy atom. The molecule has 2 aromatic rings. The summed E-state index contributed by atoms with van der Waals surface area (Å²) >= 11 is 1.33. The van der Waals surface area contributed by atoms with Crippen LogP contribution in [0.1, 0.15) is 168 Å². The third kappa shape index (κ3) is 29.9. The number of carboxylic acids is 1. The number of H-pyrrole nitrogens is 2. The second kappa shape index (κ2) is 44.9. The fourth-order valence-electron chi connectivity index (χ4n) is 11.7. The van der Waals surface area contributed by atoms with Gasteiger partial charge in [-0.25, -0.2) is 14.8 Å². The molecule has 537 valence electrons. The molecule has 15 N–H and O–H groups in total. The number of hydrogen-bond acceptors (Lipinski definition) is 16. The Morgan fingerprint density at radius 1 is 0.638 bits per heavy atom. The van der Waals surface area contributed by atoms with Crippen molar-refractivity contribution in [2.24, 2.45) is 11.8 Å². The van der Waals surface area contributed by atoms with Crippen molar-refractivity contribution >= 4 is 51.0 Å². The molecule has 5 aliphatic rings. The van der Waals surface area contributed by atoms with E-state index in [1.54, 1.807) is 40.2 Å². The molecular formula is C63H107ClN15O14Os-4. The summed E-state index contributed by atoms with van der Waals surface area (Å²) in [6, 6.07) is -4.47. The molecule has 94 heavy (non-hydrogen) atoms. The van der Waals surface area contributed by atoms with Gasteiger partial charge in [0, 0.05) is 62.6 Å². The van der Waals surface area contributed by atoms with Crippen LogP contribution in [-0.2, 0) is 68.7 Å². The number of halogens is 1. The van der Waals surface area contributed by atoms with Crippen molar-refractivity contribution in [3.05, 3.63) is 57.7 Å². The number of hydrogen-bond donors (Lipinski definition) is 15. The summed E-state index contributed by atoms with van der Waals surface area (Å²) in [6.07, 6.45) is 17.0. The number of ether oxygens (including phenoxy) is 1. The maximum atomic E-state index is 14.0. The van der Waals surface area contributed by atoms with Crippen LogP contribution in [0.15, 0.2) is 25.0 Å². The van der Waals surface area contributed by atoms with Gasteiger partial charge in [-0.1, -0.05) is 105 Å². The Balaban J connectivity index is 0.000000586. The summed E-state index contributed by atoms with van der Waals surface area (Å²) in [5, 5.41) is 98.7. The Hall–Kier alpha value is -4.80. The van der Waals surface area contributed by atoms with E-state index in [1.807, 2.05) is 0 Å². The zero-order valence-corrected chi connectivity index (χ0v) is 58.6. The fraction of sp³-hybridized carbons (Fsp3) is 0.794. The molecule has 31 heteroatoms. The Morgan fingerprint density at radius 2 is 1.12 bits per heavy atom. The average Bonchev–Trinajstić information content (AvgIpc) is 1.20. The SMILES string of the molecule is C1CCC(C2CCCC[N-]2)[N-]C1.C1CCC(C2CCCC[N-]2)[N-]C1.CC(C)CC(NC(=O)C(Cc1cnc[nH]1)NC(=O)C(NCC1(O)OCC(O)C(O)C1O)C(C)C)C(=O)NC(C(=O)NC(CCCCNC(=O)CCCC(=O)NCCc1cnc[nH]1)C(=O)O)C(C)O.[Cl][Os]. The van der Waals surface area contributed by atoms with E-state index in [9.17, 15) is 64.2 Å². The summed E-state index contributed by atoms with van der Waals surface area (Å²) in [5.41, 5.74) is 1.32. The molecular weight excluding hydrogens is 1420 g/mol. The number of rotatable bonds is 32. The zero-order valence-electron chi connectivity index (χ0n) is 55.3. The number of aromatic amines is 2. The van der Waals surface area contributed by atoms with Crippen molar-refractivity contribution in [3.63, 3.8) is 0 Å². The summed E-state index contributed by atoms with van der Waals surface area (Å²) in [7, 11) is 4.67. The van der Waals surface area contributed by atoms with Gasteiger partial charge in [-0.2, -0.15) is 24.2 Å². The van der Waals surface area contributed by atoms with Crippen molar-refractivity contribution < 1.29 is 86.5 Å². The average molecular weight is 1520 g/mol. The van der Waals surface area contributed by atoms with E-state index in [2.05, 4.69) is 88.1 Å². The first-order valence-corrected chi connectivity index (χ1v) is 36.7. The van der Waals surface area contributed by atoms with E-state index < -0.39 is 109 Å². The number of unbranched alkanes of at least 4 members (excludes halogenated alkanes) is 1. The van der Waals surface area contributed by atoms with Gasteiger partial charge in [0.1, 0.15) is 42.5 Å². The van der Waals surface area contributed by atoms with E-state index >= 15 is 0 Å². The van der Waals surface area contributed by atoms with Crippen molar-refractivity contribution in [1.29, 1.82) is 0 Å². The molecule has 7 rings (SSSR count).